The third kappa shape index (κ3) is 5.48. The maximum absolute atomic E-state index is 11.9. The van der Waals surface area contributed by atoms with Crippen molar-refractivity contribution in [1.82, 2.24) is 9.96 Å². The zero-order valence-electron chi connectivity index (χ0n) is 10.8. The first-order valence-corrected chi connectivity index (χ1v) is 7.97. The highest BCUT2D eigenvalue weighted by molar-refractivity contribution is 7.38. The molecule has 2 N–H and O–H groups in total. The summed E-state index contributed by atoms with van der Waals surface area (Å²) in [5.74, 6) is -0.285. The Morgan fingerprint density at radius 1 is 1.33 bits per heavy atom. The second-order valence-electron chi connectivity index (χ2n) is 4.94. The van der Waals surface area contributed by atoms with Gasteiger partial charge in [-0.05, 0) is 19.9 Å². The molecule has 0 aromatic carbocycles. The highest BCUT2D eigenvalue weighted by atomic mass is 31.1. The minimum absolute atomic E-state index is 0.0610. The summed E-state index contributed by atoms with van der Waals surface area (Å²) in [6.07, 6.45) is 5.15. The van der Waals surface area contributed by atoms with Crippen LogP contribution in [0, 0.1) is 5.92 Å². The van der Waals surface area contributed by atoms with Crippen molar-refractivity contribution in [1.29, 1.82) is 0 Å². The fourth-order valence-electron chi connectivity index (χ4n) is 2.22. The SMILES string of the molecule is CN(CC[PH](=O)O)CN(O)C(=O)C1CCCCC1. The van der Waals surface area contributed by atoms with Crippen molar-refractivity contribution in [3.63, 3.8) is 0 Å². The molecule has 0 heterocycles. The standard InChI is InChI=1S/C11H23N2O4P/c1-12(7-8-18(16)17)9-13(15)11(14)10-5-3-2-4-6-10/h10,15,18H,2-9H2,1H3,(H,16,17). The van der Waals surface area contributed by atoms with E-state index in [9.17, 15) is 14.6 Å². The van der Waals surface area contributed by atoms with Crippen LogP contribution in [0.2, 0.25) is 0 Å². The van der Waals surface area contributed by atoms with Crippen molar-refractivity contribution in [3.8, 4) is 0 Å². The van der Waals surface area contributed by atoms with Gasteiger partial charge in [0.25, 0.3) is 0 Å². The van der Waals surface area contributed by atoms with Crippen LogP contribution in [0.25, 0.3) is 0 Å². The molecule has 0 aromatic heterocycles. The van der Waals surface area contributed by atoms with Crippen molar-refractivity contribution in [2.24, 2.45) is 5.92 Å². The molecule has 6 nitrogen and oxygen atoms in total. The molecular weight excluding hydrogens is 255 g/mol. The number of hydroxylamine groups is 2. The Hall–Kier alpha value is -0.420. The molecule has 106 valence electrons. The van der Waals surface area contributed by atoms with E-state index < -0.39 is 8.03 Å². The monoisotopic (exact) mass is 278 g/mol. The molecule has 18 heavy (non-hydrogen) atoms. The fourth-order valence-corrected chi connectivity index (χ4v) is 2.79. The molecule has 0 radical (unpaired) electrons. The maximum Gasteiger partial charge on any atom is 0.250 e. The Morgan fingerprint density at radius 3 is 2.50 bits per heavy atom. The van der Waals surface area contributed by atoms with E-state index in [1.54, 1.807) is 11.9 Å². The van der Waals surface area contributed by atoms with Gasteiger partial charge in [0, 0.05) is 18.6 Å². The zero-order chi connectivity index (χ0) is 13.5. The number of carbonyl (C=O) groups excluding carboxylic acids is 1. The first-order chi connectivity index (χ1) is 8.50. The summed E-state index contributed by atoms with van der Waals surface area (Å²) in [5, 5.41) is 10.5. The van der Waals surface area contributed by atoms with Gasteiger partial charge in [-0.3, -0.25) is 19.5 Å². The Morgan fingerprint density at radius 2 is 1.94 bits per heavy atom. The second kappa shape index (κ2) is 7.89. The van der Waals surface area contributed by atoms with Crippen LogP contribution in [0.1, 0.15) is 32.1 Å². The number of hydrogen-bond donors (Lipinski definition) is 2. The van der Waals surface area contributed by atoms with Gasteiger partial charge >= 0.3 is 0 Å². The molecule has 0 aliphatic heterocycles. The summed E-state index contributed by atoms with van der Waals surface area (Å²) in [7, 11) is -0.771. The van der Waals surface area contributed by atoms with Gasteiger partial charge in [0.2, 0.25) is 5.91 Å². The minimum Gasteiger partial charge on any atom is -0.346 e. The van der Waals surface area contributed by atoms with Crippen LogP contribution in [-0.4, -0.2) is 52.4 Å². The molecule has 7 heteroatoms. The summed E-state index contributed by atoms with van der Waals surface area (Å²) >= 11 is 0. The Bertz CT molecular complexity index is 295. The Labute approximate surface area is 108 Å². The van der Waals surface area contributed by atoms with Crippen molar-refractivity contribution in [2.45, 2.75) is 32.1 Å². The molecule has 1 aliphatic rings. The van der Waals surface area contributed by atoms with Gasteiger partial charge in [0.15, 0.2) is 8.03 Å². The van der Waals surface area contributed by atoms with Crippen LogP contribution in [-0.2, 0) is 9.36 Å². The molecule has 1 rings (SSSR count). The molecule has 0 spiro atoms. The average Bonchev–Trinajstić information content (AvgIpc) is 2.36. The topological polar surface area (TPSA) is 81.1 Å². The highest BCUT2D eigenvalue weighted by Crippen LogP contribution is 2.25. The maximum atomic E-state index is 11.9. The first-order valence-electron chi connectivity index (χ1n) is 6.41. The Kier molecular flexibility index (Phi) is 6.86. The Balaban J connectivity index is 2.31. The number of amides is 1. The fraction of sp³-hybridized carbons (Fsp3) is 0.909. The van der Waals surface area contributed by atoms with Crippen molar-refractivity contribution >= 4 is 13.9 Å². The van der Waals surface area contributed by atoms with Gasteiger partial charge in [0.1, 0.15) is 6.67 Å². The number of rotatable bonds is 6. The van der Waals surface area contributed by atoms with E-state index in [1.807, 2.05) is 0 Å². The summed E-state index contributed by atoms with van der Waals surface area (Å²) in [4.78, 5) is 22.3. The van der Waals surface area contributed by atoms with Gasteiger partial charge in [-0.2, -0.15) is 0 Å². The molecule has 1 fully saturated rings. The quantitative estimate of drug-likeness (QED) is 0.329. The van der Waals surface area contributed by atoms with E-state index in [0.717, 1.165) is 30.7 Å². The average molecular weight is 278 g/mol. The molecule has 1 unspecified atom stereocenters. The van der Waals surface area contributed by atoms with E-state index in [0.29, 0.717) is 6.54 Å². The van der Waals surface area contributed by atoms with Crippen LogP contribution in [0.3, 0.4) is 0 Å². The van der Waals surface area contributed by atoms with Gasteiger partial charge in [0.05, 0.1) is 0 Å². The molecule has 0 bridgehead atoms. The lowest BCUT2D eigenvalue weighted by Crippen LogP contribution is -2.41. The van der Waals surface area contributed by atoms with E-state index in [2.05, 4.69) is 0 Å². The smallest absolute Gasteiger partial charge is 0.250 e. The molecule has 0 aromatic rings. The molecule has 0 saturated heterocycles. The van der Waals surface area contributed by atoms with Gasteiger partial charge < -0.3 is 4.89 Å². The van der Waals surface area contributed by atoms with E-state index in [4.69, 9.17) is 4.89 Å². The van der Waals surface area contributed by atoms with E-state index in [1.165, 1.54) is 6.42 Å². The predicted octanol–water partition coefficient (Wildman–Crippen LogP) is 1.14. The second-order valence-corrected chi connectivity index (χ2v) is 6.23. The number of carbonyl (C=O) groups is 1. The normalized spacial score (nSPS) is 18.9. The molecule has 1 saturated carbocycles. The van der Waals surface area contributed by atoms with Crippen molar-refractivity contribution in [3.05, 3.63) is 0 Å². The molecule has 1 amide bonds. The summed E-state index contributed by atoms with van der Waals surface area (Å²) < 4.78 is 10.6. The number of nitrogens with zero attached hydrogens (tertiary/aromatic N) is 2. The summed E-state index contributed by atoms with van der Waals surface area (Å²) in [6, 6.07) is 0. The predicted molar refractivity (Wildman–Crippen MR) is 68.8 cm³/mol. The lowest BCUT2D eigenvalue weighted by Gasteiger charge is -2.27. The largest absolute Gasteiger partial charge is 0.346 e. The third-order valence-corrected chi connectivity index (χ3v) is 3.94. The van der Waals surface area contributed by atoms with Crippen LogP contribution in [0.5, 0.6) is 0 Å². The first kappa shape index (κ1) is 15.6. The highest BCUT2D eigenvalue weighted by Gasteiger charge is 2.25. The summed E-state index contributed by atoms with van der Waals surface area (Å²) in [6.45, 7) is 0.480. The molecular formula is C11H23N2O4P. The van der Waals surface area contributed by atoms with Crippen molar-refractivity contribution < 1.29 is 19.5 Å². The van der Waals surface area contributed by atoms with Gasteiger partial charge in [-0.15, -0.1) is 0 Å². The zero-order valence-corrected chi connectivity index (χ0v) is 11.8. The van der Waals surface area contributed by atoms with Crippen LogP contribution >= 0.6 is 8.03 Å². The third-order valence-electron chi connectivity index (χ3n) is 3.29. The summed E-state index contributed by atoms with van der Waals surface area (Å²) in [5.41, 5.74) is 0. The van der Waals surface area contributed by atoms with E-state index >= 15 is 0 Å². The minimum atomic E-state index is -2.48. The molecule has 1 atom stereocenters. The van der Waals surface area contributed by atoms with E-state index in [-0.39, 0.29) is 24.7 Å². The number of hydrogen-bond acceptors (Lipinski definition) is 4. The van der Waals surface area contributed by atoms with Crippen LogP contribution < -0.4 is 0 Å². The van der Waals surface area contributed by atoms with Crippen molar-refractivity contribution in [2.75, 3.05) is 26.4 Å². The van der Waals surface area contributed by atoms with Gasteiger partial charge in [-0.1, -0.05) is 19.3 Å². The van der Waals surface area contributed by atoms with Crippen LogP contribution in [0.15, 0.2) is 0 Å². The van der Waals surface area contributed by atoms with Gasteiger partial charge in [-0.25, -0.2) is 5.06 Å². The van der Waals surface area contributed by atoms with Crippen LogP contribution in [0.4, 0.5) is 0 Å². The lowest BCUT2D eigenvalue weighted by molar-refractivity contribution is -0.179. The lowest BCUT2D eigenvalue weighted by atomic mass is 9.88. The molecule has 1 aliphatic carbocycles.